The van der Waals surface area contributed by atoms with Gasteiger partial charge in [0.25, 0.3) is 5.91 Å². The summed E-state index contributed by atoms with van der Waals surface area (Å²) in [7, 11) is 0. The van der Waals surface area contributed by atoms with Crippen LogP contribution in [0.15, 0.2) is 48.8 Å². The van der Waals surface area contributed by atoms with E-state index in [0.717, 1.165) is 24.2 Å². The smallest absolute Gasteiger partial charge is 0.253 e. The fraction of sp³-hybridized carbons (Fsp3) is 0.435. The molecule has 0 atom stereocenters. The van der Waals surface area contributed by atoms with Crippen LogP contribution in [0, 0.1) is 0 Å². The summed E-state index contributed by atoms with van der Waals surface area (Å²) in [5.41, 5.74) is 1.56. The van der Waals surface area contributed by atoms with Gasteiger partial charge in [-0.2, -0.15) is 0 Å². The normalized spacial score (nSPS) is 14.0. The van der Waals surface area contributed by atoms with Gasteiger partial charge in [0, 0.05) is 44.1 Å². The number of pyridine rings is 1. The van der Waals surface area contributed by atoms with E-state index in [4.69, 9.17) is 4.74 Å². The Bertz CT molecular complexity index is 785. The summed E-state index contributed by atoms with van der Waals surface area (Å²) in [5, 5.41) is 0. The van der Waals surface area contributed by atoms with Crippen LogP contribution in [0.25, 0.3) is 0 Å². The van der Waals surface area contributed by atoms with Gasteiger partial charge in [-0.3, -0.25) is 14.6 Å². The van der Waals surface area contributed by atoms with E-state index >= 15 is 0 Å². The minimum Gasteiger partial charge on any atom is -0.494 e. The first-order chi connectivity index (χ1) is 14.2. The molecule has 1 aliphatic heterocycles. The minimum atomic E-state index is 0.00175. The number of ether oxygens (including phenoxy) is 1. The Kier molecular flexibility index (Phi) is 7.61. The fourth-order valence-corrected chi connectivity index (χ4v) is 3.37. The summed E-state index contributed by atoms with van der Waals surface area (Å²) in [4.78, 5) is 32.9. The van der Waals surface area contributed by atoms with Crippen molar-refractivity contribution in [3.8, 4) is 5.75 Å². The van der Waals surface area contributed by atoms with E-state index in [-0.39, 0.29) is 11.8 Å². The first-order valence-electron chi connectivity index (χ1n) is 10.4. The number of benzene rings is 1. The van der Waals surface area contributed by atoms with Crippen LogP contribution in [0.2, 0.25) is 0 Å². The average molecular weight is 396 g/mol. The van der Waals surface area contributed by atoms with Gasteiger partial charge in [0.15, 0.2) is 0 Å². The van der Waals surface area contributed by atoms with Gasteiger partial charge >= 0.3 is 0 Å². The third kappa shape index (κ3) is 6.04. The Morgan fingerprint density at radius 2 is 1.72 bits per heavy atom. The minimum absolute atomic E-state index is 0.00175. The maximum absolute atomic E-state index is 12.8. The van der Waals surface area contributed by atoms with Gasteiger partial charge in [0.2, 0.25) is 5.91 Å². The summed E-state index contributed by atoms with van der Waals surface area (Å²) < 4.78 is 5.70. The molecule has 1 fully saturated rings. The van der Waals surface area contributed by atoms with Gasteiger partial charge < -0.3 is 14.5 Å². The number of piperazine rings is 1. The number of amides is 2. The van der Waals surface area contributed by atoms with Crippen molar-refractivity contribution in [1.29, 1.82) is 0 Å². The average Bonchev–Trinajstić information content (AvgIpc) is 2.77. The lowest BCUT2D eigenvalue weighted by molar-refractivity contribution is -0.131. The zero-order valence-corrected chi connectivity index (χ0v) is 17.0. The summed E-state index contributed by atoms with van der Waals surface area (Å²) in [6.45, 7) is 5.08. The van der Waals surface area contributed by atoms with Crippen LogP contribution >= 0.6 is 0 Å². The van der Waals surface area contributed by atoms with Crippen LogP contribution in [-0.2, 0) is 11.2 Å². The highest BCUT2D eigenvalue weighted by molar-refractivity contribution is 5.94. The van der Waals surface area contributed by atoms with E-state index in [1.807, 2.05) is 46.2 Å². The number of hydrogen-bond donors (Lipinski definition) is 0. The molecular formula is C23H29N3O3. The van der Waals surface area contributed by atoms with Crippen molar-refractivity contribution in [2.45, 2.75) is 32.6 Å². The number of carbonyl (C=O) groups excluding carboxylic acids is 2. The van der Waals surface area contributed by atoms with Crippen LogP contribution in [0.3, 0.4) is 0 Å². The number of nitrogens with zero attached hydrogens (tertiary/aromatic N) is 3. The highest BCUT2D eigenvalue weighted by Gasteiger charge is 2.24. The zero-order chi connectivity index (χ0) is 20.5. The van der Waals surface area contributed by atoms with Crippen molar-refractivity contribution in [3.05, 3.63) is 59.9 Å². The van der Waals surface area contributed by atoms with Gasteiger partial charge in [0.1, 0.15) is 5.75 Å². The fourth-order valence-electron chi connectivity index (χ4n) is 3.37. The zero-order valence-electron chi connectivity index (χ0n) is 17.0. The number of rotatable bonds is 8. The first-order valence-corrected chi connectivity index (χ1v) is 10.4. The predicted molar refractivity (Wildman–Crippen MR) is 112 cm³/mol. The molecule has 0 radical (unpaired) electrons. The van der Waals surface area contributed by atoms with Gasteiger partial charge in [0.05, 0.1) is 13.0 Å². The Hall–Kier alpha value is -2.89. The van der Waals surface area contributed by atoms with E-state index in [2.05, 4.69) is 11.9 Å². The second kappa shape index (κ2) is 10.6. The monoisotopic (exact) mass is 395 g/mol. The van der Waals surface area contributed by atoms with E-state index in [0.29, 0.717) is 44.8 Å². The van der Waals surface area contributed by atoms with Crippen molar-refractivity contribution >= 4 is 11.8 Å². The van der Waals surface area contributed by atoms with E-state index < -0.39 is 0 Å². The molecular weight excluding hydrogens is 366 g/mol. The molecule has 1 aromatic carbocycles. The maximum Gasteiger partial charge on any atom is 0.253 e. The molecule has 154 valence electrons. The van der Waals surface area contributed by atoms with Crippen LogP contribution in [-0.4, -0.2) is 59.4 Å². The molecule has 1 saturated heterocycles. The SMILES string of the molecule is CCCCCOc1ccc(C(=O)N2CCN(C(=O)Cc3cccnc3)CC2)cc1. The third-order valence-corrected chi connectivity index (χ3v) is 5.12. The maximum atomic E-state index is 12.8. The summed E-state index contributed by atoms with van der Waals surface area (Å²) in [6, 6.07) is 11.1. The van der Waals surface area contributed by atoms with Crippen molar-refractivity contribution < 1.29 is 14.3 Å². The van der Waals surface area contributed by atoms with E-state index in [9.17, 15) is 9.59 Å². The summed E-state index contributed by atoms with van der Waals surface area (Å²) >= 11 is 0. The molecule has 0 N–H and O–H groups in total. The Labute approximate surface area is 172 Å². The van der Waals surface area contributed by atoms with E-state index in [1.54, 1.807) is 12.4 Å². The molecule has 29 heavy (non-hydrogen) atoms. The van der Waals surface area contributed by atoms with Crippen molar-refractivity contribution in [2.24, 2.45) is 0 Å². The van der Waals surface area contributed by atoms with Crippen molar-refractivity contribution in [2.75, 3.05) is 32.8 Å². The highest BCUT2D eigenvalue weighted by atomic mass is 16.5. The predicted octanol–water partition coefficient (Wildman–Crippen LogP) is 3.18. The molecule has 0 spiro atoms. The third-order valence-electron chi connectivity index (χ3n) is 5.12. The molecule has 0 unspecified atom stereocenters. The summed E-state index contributed by atoms with van der Waals surface area (Å²) in [6.07, 6.45) is 7.13. The second-order valence-electron chi connectivity index (χ2n) is 7.29. The Morgan fingerprint density at radius 3 is 2.38 bits per heavy atom. The van der Waals surface area contributed by atoms with Crippen molar-refractivity contribution in [3.63, 3.8) is 0 Å². The van der Waals surface area contributed by atoms with Crippen LogP contribution < -0.4 is 4.74 Å². The Morgan fingerprint density at radius 1 is 1.00 bits per heavy atom. The van der Waals surface area contributed by atoms with Crippen molar-refractivity contribution in [1.82, 2.24) is 14.8 Å². The molecule has 3 rings (SSSR count). The lowest BCUT2D eigenvalue weighted by Crippen LogP contribution is -2.51. The molecule has 2 heterocycles. The molecule has 1 aromatic heterocycles. The number of unbranched alkanes of at least 4 members (excludes halogenated alkanes) is 2. The quantitative estimate of drug-likeness (QED) is 0.644. The van der Waals surface area contributed by atoms with Crippen LogP contribution in [0.5, 0.6) is 5.75 Å². The van der Waals surface area contributed by atoms with Gasteiger partial charge in [-0.15, -0.1) is 0 Å². The molecule has 0 saturated carbocycles. The van der Waals surface area contributed by atoms with Gasteiger partial charge in [-0.05, 0) is 42.3 Å². The van der Waals surface area contributed by atoms with Gasteiger partial charge in [-0.25, -0.2) is 0 Å². The van der Waals surface area contributed by atoms with E-state index in [1.165, 1.54) is 6.42 Å². The molecule has 2 amide bonds. The lowest BCUT2D eigenvalue weighted by atomic mass is 10.1. The molecule has 6 heteroatoms. The second-order valence-corrected chi connectivity index (χ2v) is 7.29. The number of hydrogen-bond acceptors (Lipinski definition) is 4. The number of carbonyl (C=O) groups is 2. The molecule has 0 bridgehead atoms. The van der Waals surface area contributed by atoms with Crippen LogP contribution in [0.4, 0.5) is 0 Å². The molecule has 6 nitrogen and oxygen atoms in total. The van der Waals surface area contributed by atoms with Gasteiger partial charge in [-0.1, -0.05) is 25.8 Å². The molecule has 1 aliphatic rings. The standard InChI is InChI=1S/C23H29N3O3/c1-2-3-4-16-29-21-9-7-20(8-10-21)23(28)26-14-12-25(13-15-26)22(27)17-19-6-5-11-24-18-19/h5-11,18H,2-4,12-17H2,1H3. The Balaban J connectivity index is 1.46. The largest absolute Gasteiger partial charge is 0.494 e. The van der Waals surface area contributed by atoms with Crippen LogP contribution in [0.1, 0.15) is 42.1 Å². The number of aromatic nitrogens is 1. The molecule has 2 aromatic rings. The topological polar surface area (TPSA) is 62.7 Å². The first kappa shape index (κ1) is 20.8. The molecule has 0 aliphatic carbocycles. The summed E-state index contributed by atoms with van der Waals surface area (Å²) in [5.74, 6) is 0.875. The highest BCUT2D eigenvalue weighted by Crippen LogP contribution is 2.16. The lowest BCUT2D eigenvalue weighted by Gasteiger charge is -2.35.